The van der Waals surface area contributed by atoms with Crippen LogP contribution in [0.3, 0.4) is 0 Å². The van der Waals surface area contributed by atoms with Gasteiger partial charge in [0.2, 0.25) is 0 Å². The zero-order valence-corrected chi connectivity index (χ0v) is 7.67. The van der Waals surface area contributed by atoms with Crippen LogP contribution in [0.5, 0.6) is 0 Å². The molecular formula is C7H10AsN. The zero-order chi connectivity index (χ0) is 6.53. The zero-order valence-electron chi connectivity index (χ0n) is 5.25. The van der Waals surface area contributed by atoms with E-state index < -0.39 is 0 Å². The van der Waals surface area contributed by atoms with E-state index in [0.717, 1.165) is 0 Å². The van der Waals surface area contributed by atoms with Crippen molar-refractivity contribution >= 4 is 16.9 Å². The van der Waals surface area contributed by atoms with E-state index in [-0.39, 0.29) is 0 Å². The number of nitrogens with zero attached hydrogens (tertiary/aromatic N) is 1. The molecule has 1 heterocycles. The molecule has 0 saturated carbocycles. The number of pyridine rings is 1. The SMILES string of the molecule is [AsH2]CCc1cccnc1. The number of aryl methyl sites for hydroxylation is 1. The fraction of sp³-hybridized carbons (Fsp3) is 0.286. The number of aromatic nitrogens is 1. The van der Waals surface area contributed by atoms with Gasteiger partial charge in [-0.1, -0.05) is 0 Å². The van der Waals surface area contributed by atoms with Gasteiger partial charge in [0.05, 0.1) is 0 Å². The molecule has 0 aliphatic carbocycles. The molecule has 1 aromatic heterocycles. The molecular weight excluding hydrogens is 173 g/mol. The van der Waals surface area contributed by atoms with E-state index >= 15 is 0 Å². The summed E-state index contributed by atoms with van der Waals surface area (Å²) in [6.07, 6.45) is 4.91. The van der Waals surface area contributed by atoms with Gasteiger partial charge in [0.25, 0.3) is 0 Å². The molecule has 48 valence electrons. The third kappa shape index (κ3) is 2.19. The Kier molecular flexibility index (Phi) is 2.79. The minimum absolute atomic E-state index is 1.17. The van der Waals surface area contributed by atoms with Crippen molar-refractivity contribution in [1.82, 2.24) is 4.98 Å². The van der Waals surface area contributed by atoms with Gasteiger partial charge in [-0.05, 0) is 0 Å². The quantitative estimate of drug-likeness (QED) is 0.614. The van der Waals surface area contributed by atoms with Crippen LogP contribution in [0.2, 0.25) is 5.21 Å². The average molecular weight is 183 g/mol. The first-order chi connectivity index (χ1) is 4.43. The van der Waals surface area contributed by atoms with Gasteiger partial charge in [-0.2, -0.15) is 0 Å². The van der Waals surface area contributed by atoms with Crippen LogP contribution in [0.15, 0.2) is 24.5 Å². The van der Waals surface area contributed by atoms with Crippen LogP contribution in [0.25, 0.3) is 0 Å². The molecule has 1 nitrogen and oxygen atoms in total. The molecule has 0 spiro atoms. The molecule has 1 unspecified atom stereocenters. The maximum absolute atomic E-state index is 4.01. The van der Waals surface area contributed by atoms with Gasteiger partial charge in [0, 0.05) is 0 Å². The summed E-state index contributed by atoms with van der Waals surface area (Å²) < 4.78 is 0. The molecule has 9 heavy (non-hydrogen) atoms. The monoisotopic (exact) mass is 183 g/mol. The van der Waals surface area contributed by atoms with Gasteiger partial charge in [0.1, 0.15) is 0 Å². The molecule has 0 aromatic carbocycles. The van der Waals surface area contributed by atoms with E-state index in [1.807, 2.05) is 18.5 Å². The Hall–Kier alpha value is -0.292. The van der Waals surface area contributed by atoms with E-state index in [0.29, 0.717) is 0 Å². The van der Waals surface area contributed by atoms with Gasteiger partial charge in [-0.25, -0.2) is 0 Å². The predicted molar refractivity (Wildman–Crippen MR) is 41.3 cm³/mol. The summed E-state index contributed by atoms with van der Waals surface area (Å²) >= 11 is 1.78. The fourth-order valence-electron chi connectivity index (χ4n) is 0.713. The molecule has 1 atom stereocenters. The Bertz CT molecular complexity index is 162. The molecule has 0 amide bonds. The van der Waals surface area contributed by atoms with E-state index in [1.54, 1.807) is 16.9 Å². The second-order valence-corrected chi connectivity index (χ2v) is 3.11. The minimum atomic E-state index is 1.17. The normalized spacial score (nSPS) is 9.44. The van der Waals surface area contributed by atoms with Crippen molar-refractivity contribution in [2.75, 3.05) is 0 Å². The first kappa shape index (κ1) is 6.82. The summed E-state index contributed by atoms with van der Waals surface area (Å²) in [4.78, 5) is 4.01. The van der Waals surface area contributed by atoms with Crippen molar-refractivity contribution in [2.45, 2.75) is 11.6 Å². The molecule has 0 saturated heterocycles. The molecule has 0 radical (unpaired) electrons. The molecule has 0 bridgehead atoms. The van der Waals surface area contributed by atoms with Crippen LogP contribution < -0.4 is 0 Å². The average Bonchev–Trinajstić information content (AvgIpc) is 1.91. The molecule has 0 fully saturated rings. The number of hydrogen-bond donors (Lipinski definition) is 0. The van der Waals surface area contributed by atoms with Crippen LogP contribution >= 0.6 is 0 Å². The second kappa shape index (κ2) is 3.68. The third-order valence-electron chi connectivity index (χ3n) is 1.16. The van der Waals surface area contributed by atoms with Crippen molar-refractivity contribution in [3.8, 4) is 0 Å². The fourth-order valence-corrected chi connectivity index (χ4v) is 1.41. The molecule has 0 aliphatic heterocycles. The number of hydrogen-bond acceptors (Lipinski definition) is 1. The van der Waals surface area contributed by atoms with E-state index in [4.69, 9.17) is 0 Å². The first-order valence-electron chi connectivity index (χ1n) is 3.02. The van der Waals surface area contributed by atoms with Crippen molar-refractivity contribution in [1.29, 1.82) is 0 Å². The Morgan fingerprint density at radius 3 is 3.00 bits per heavy atom. The standard InChI is InChI=1S/C7H10AsN/c8-4-3-7-2-1-5-9-6-7/h1-2,5-6H,3-4,8H2. The summed E-state index contributed by atoms with van der Waals surface area (Å²) in [6.45, 7) is 0. The number of rotatable bonds is 2. The Morgan fingerprint density at radius 2 is 2.44 bits per heavy atom. The van der Waals surface area contributed by atoms with E-state index in [9.17, 15) is 0 Å². The Balaban J connectivity index is 2.61. The molecule has 1 rings (SSSR count). The maximum atomic E-state index is 4.01. The predicted octanol–water partition coefficient (Wildman–Crippen LogP) is 0.675. The Morgan fingerprint density at radius 1 is 1.56 bits per heavy atom. The van der Waals surface area contributed by atoms with Crippen LogP contribution in [-0.2, 0) is 6.42 Å². The third-order valence-corrected chi connectivity index (χ3v) is 1.76. The molecule has 2 heteroatoms. The first-order valence-corrected chi connectivity index (χ1v) is 4.74. The van der Waals surface area contributed by atoms with Gasteiger partial charge < -0.3 is 0 Å². The van der Waals surface area contributed by atoms with Crippen LogP contribution in [0, 0.1) is 0 Å². The van der Waals surface area contributed by atoms with Crippen molar-refractivity contribution in [3.63, 3.8) is 0 Å². The molecule has 1 aromatic rings. The summed E-state index contributed by atoms with van der Waals surface area (Å²) in [7, 11) is 0. The molecule has 0 aliphatic rings. The van der Waals surface area contributed by atoms with Gasteiger partial charge in [-0.15, -0.1) is 0 Å². The molecule has 0 N–H and O–H groups in total. The summed E-state index contributed by atoms with van der Waals surface area (Å²) in [5, 5.41) is 1.26. The van der Waals surface area contributed by atoms with Crippen molar-refractivity contribution in [2.24, 2.45) is 0 Å². The van der Waals surface area contributed by atoms with E-state index in [2.05, 4.69) is 11.1 Å². The van der Waals surface area contributed by atoms with Crippen molar-refractivity contribution < 1.29 is 0 Å². The van der Waals surface area contributed by atoms with Gasteiger partial charge in [-0.3, -0.25) is 0 Å². The van der Waals surface area contributed by atoms with Crippen LogP contribution in [0.4, 0.5) is 0 Å². The van der Waals surface area contributed by atoms with Crippen LogP contribution in [0.1, 0.15) is 5.56 Å². The second-order valence-electron chi connectivity index (χ2n) is 1.90. The van der Waals surface area contributed by atoms with E-state index in [1.165, 1.54) is 17.2 Å². The van der Waals surface area contributed by atoms with Gasteiger partial charge >= 0.3 is 63.6 Å². The summed E-state index contributed by atoms with van der Waals surface area (Å²) in [5.41, 5.74) is 1.35. The summed E-state index contributed by atoms with van der Waals surface area (Å²) in [5.74, 6) is 0. The van der Waals surface area contributed by atoms with Crippen LogP contribution in [-0.4, -0.2) is 21.8 Å². The van der Waals surface area contributed by atoms with Gasteiger partial charge in [0.15, 0.2) is 0 Å². The Labute approximate surface area is 64.0 Å². The summed E-state index contributed by atoms with van der Waals surface area (Å²) in [6, 6.07) is 4.10. The van der Waals surface area contributed by atoms with Crippen molar-refractivity contribution in [3.05, 3.63) is 30.1 Å². The topological polar surface area (TPSA) is 12.9 Å².